The van der Waals surface area contributed by atoms with Crippen LogP contribution >= 0.6 is 12.4 Å². The predicted molar refractivity (Wildman–Crippen MR) is 79.0 cm³/mol. The molecule has 2 rings (SSSR count). The van der Waals surface area contributed by atoms with Gasteiger partial charge in [0.2, 0.25) is 0 Å². The van der Waals surface area contributed by atoms with Crippen LogP contribution in [0.2, 0.25) is 0 Å². The Morgan fingerprint density at radius 2 is 1.63 bits per heavy atom. The summed E-state index contributed by atoms with van der Waals surface area (Å²) in [5.41, 5.74) is 1.27. The van der Waals surface area contributed by atoms with E-state index in [0.29, 0.717) is 6.61 Å². The van der Waals surface area contributed by atoms with E-state index >= 15 is 0 Å². The summed E-state index contributed by atoms with van der Waals surface area (Å²) in [6.45, 7) is 2.24. The highest BCUT2D eigenvalue weighted by molar-refractivity contribution is 5.85. The van der Waals surface area contributed by atoms with E-state index in [1.165, 1.54) is 5.56 Å². The van der Waals surface area contributed by atoms with Gasteiger partial charge >= 0.3 is 0 Å². The van der Waals surface area contributed by atoms with Gasteiger partial charge in [-0.2, -0.15) is 0 Å². The molecule has 0 amide bonds. The van der Waals surface area contributed by atoms with Gasteiger partial charge in [0.1, 0.15) is 18.1 Å². The lowest BCUT2D eigenvalue weighted by Gasteiger charge is -2.07. The summed E-state index contributed by atoms with van der Waals surface area (Å²) >= 11 is 0. The fraction of sp³-hybridized carbons (Fsp3) is 0.200. The summed E-state index contributed by atoms with van der Waals surface area (Å²) in [6.07, 6.45) is 0. The molecule has 102 valence electrons. The zero-order chi connectivity index (χ0) is 12.6. The van der Waals surface area contributed by atoms with Crippen molar-refractivity contribution in [2.45, 2.75) is 6.54 Å². The molecule has 19 heavy (non-hydrogen) atoms. The topological polar surface area (TPSA) is 41.5 Å². The number of hydrogen-bond acceptors (Lipinski definition) is 3. The number of hydrogen-bond donors (Lipinski definition) is 2. The molecule has 0 aliphatic rings. The number of phenols is 1. The van der Waals surface area contributed by atoms with Gasteiger partial charge < -0.3 is 15.2 Å². The van der Waals surface area contributed by atoms with E-state index in [2.05, 4.69) is 17.4 Å². The number of rotatable bonds is 6. The van der Waals surface area contributed by atoms with Gasteiger partial charge in [0.25, 0.3) is 0 Å². The third-order valence-electron chi connectivity index (χ3n) is 2.56. The molecule has 0 unspecified atom stereocenters. The van der Waals surface area contributed by atoms with Crippen LogP contribution in [0.15, 0.2) is 54.6 Å². The molecule has 0 atom stereocenters. The van der Waals surface area contributed by atoms with Gasteiger partial charge in [0.15, 0.2) is 0 Å². The van der Waals surface area contributed by atoms with Crippen molar-refractivity contribution in [2.24, 2.45) is 0 Å². The van der Waals surface area contributed by atoms with Crippen LogP contribution in [0, 0.1) is 0 Å². The zero-order valence-electron chi connectivity index (χ0n) is 10.6. The van der Waals surface area contributed by atoms with Crippen molar-refractivity contribution >= 4 is 12.4 Å². The second-order valence-electron chi connectivity index (χ2n) is 4.00. The van der Waals surface area contributed by atoms with Crippen molar-refractivity contribution in [1.82, 2.24) is 5.32 Å². The van der Waals surface area contributed by atoms with Crippen molar-refractivity contribution in [3.8, 4) is 11.5 Å². The van der Waals surface area contributed by atoms with E-state index in [9.17, 15) is 0 Å². The van der Waals surface area contributed by atoms with Gasteiger partial charge in [0, 0.05) is 13.1 Å². The fourth-order valence-electron chi connectivity index (χ4n) is 1.61. The first-order valence-corrected chi connectivity index (χ1v) is 6.01. The number of benzene rings is 2. The fourth-order valence-corrected chi connectivity index (χ4v) is 1.61. The molecule has 2 aromatic rings. The second kappa shape index (κ2) is 8.40. The average molecular weight is 280 g/mol. The third kappa shape index (κ3) is 5.64. The molecule has 0 radical (unpaired) electrons. The molecule has 4 heteroatoms. The minimum absolute atomic E-state index is 0. The Balaban J connectivity index is 0.00000180. The Bertz CT molecular complexity index is 459. The molecule has 0 spiro atoms. The summed E-state index contributed by atoms with van der Waals surface area (Å²) in [6, 6.07) is 17.0. The summed E-state index contributed by atoms with van der Waals surface area (Å²) in [5, 5.41) is 12.4. The molecular weight excluding hydrogens is 262 g/mol. The lowest BCUT2D eigenvalue weighted by Crippen LogP contribution is -2.20. The van der Waals surface area contributed by atoms with E-state index < -0.39 is 0 Å². The average Bonchev–Trinajstić information content (AvgIpc) is 2.42. The maximum Gasteiger partial charge on any atom is 0.119 e. The molecule has 2 aromatic carbocycles. The van der Waals surface area contributed by atoms with Crippen LogP contribution in [0.25, 0.3) is 0 Å². The van der Waals surface area contributed by atoms with Crippen LogP contribution in [-0.4, -0.2) is 18.3 Å². The van der Waals surface area contributed by atoms with Crippen molar-refractivity contribution in [1.29, 1.82) is 0 Å². The molecule has 2 N–H and O–H groups in total. The first-order chi connectivity index (χ1) is 8.84. The molecule has 0 fully saturated rings. The minimum atomic E-state index is 0. The predicted octanol–water partition coefficient (Wildman–Crippen LogP) is 2.98. The van der Waals surface area contributed by atoms with Crippen molar-refractivity contribution in [3.63, 3.8) is 0 Å². The molecule has 0 saturated heterocycles. The first-order valence-electron chi connectivity index (χ1n) is 6.01. The van der Waals surface area contributed by atoms with Crippen LogP contribution in [0.4, 0.5) is 0 Å². The quantitative estimate of drug-likeness (QED) is 0.799. The van der Waals surface area contributed by atoms with Crippen LogP contribution in [0.5, 0.6) is 11.5 Å². The summed E-state index contributed by atoms with van der Waals surface area (Å²) in [5.74, 6) is 1.03. The van der Waals surface area contributed by atoms with Crippen molar-refractivity contribution < 1.29 is 9.84 Å². The van der Waals surface area contributed by atoms with E-state index in [0.717, 1.165) is 18.8 Å². The Morgan fingerprint density at radius 1 is 0.947 bits per heavy atom. The van der Waals surface area contributed by atoms with Gasteiger partial charge in [0.05, 0.1) is 0 Å². The number of nitrogens with one attached hydrogen (secondary N) is 1. The molecular formula is C15H18ClNO2. The van der Waals surface area contributed by atoms with E-state index in [1.807, 2.05) is 18.2 Å². The smallest absolute Gasteiger partial charge is 0.119 e. The largest absolute Gasteiger partial charge is 0.508 e. The maximum atomic E-state index is 9.12. The SMILES string of the molecule is Cl.Oc1ccc(OCCNCc2ccccc2)cc1. The third-order valence-corrected chi connectivity index (χ3v) is 2.56. The highest BCUT2D eigenvalue weighted by Gasteiger charge is 1.94. The Morgan fingerprint density at radius 3 is 2.32 bits per heavy atom. The Hall–Kier alpha value is -1.71. The molecule has 0 saturated carbocycles. The molecule has 0 aromatic heterocycles. The van der Waals surface area contributed by atoms with E-state index in [1.54, 1.807) is 24.3 Å². The zero-order valence-corrected chi connectivity index (χ0v) is 11.4. The summed E-state index contributed by atoms with van der Waals surface area (Å²) in [4.78, 5) is 0. The first kappa shape index (κ1) is 15.3. The Labute approximate surface area is 119 Å². The Kier molecular flexibility index (Phi) is 6.79. The monoisotopic (exact) mass is 279 g/mol. The minimum Gasteiger partial charge on any atom is -0.508 e. The van der Waals surface area contributed by atoms with E-state index in [4.69, 9.17) is 9.84 Å². The highest BCUT2D eigenvalue weighted by atomic mass is 35.5. The van der Waals surface area contributed by atoms with Crippen molar-refractivity contribution in [2.75, 3.05) is 13.2 Å². The molecule has 0 aliphatic heterocycles. The highest BCUT2D eigenvalue weighted by Crippen LogP contribution is 2.15. The van der Waals surface area contributed by atoms with Crippen LogP contribution < -0.4 is 10.1 Å². The standard InChI is InChI=1S/C15H17NO2.ClH/c17-14-6-8-15(9-7-14)18-11-10-16-12-13-4-2-1-3-5-13;/h1-9,16-17H,10-12H2;1H. The van der Waals surface area contributed by atoms with Crippen LogP contribution in [0.3, 0.4) is 0 Å². The lowest BCUT2D eigenvalue weighted by molar-refractivity contribution is 0.313. The van der Waals surface area contributed by atoms with Crippen LogP contribution in [0.1, 0.15) is 5.56 Å². The van der Waals surface area contributed by atoms with Gasteiger partial charge in [-0.05, 0) is 29.8 Å². The van der Waals surface area contributed by atoms with Gasteiger partial charge in [-0.3, -0.25) is 0 Å². The molecule has 0 aliphatic carbocycles. The molecule has 3 nitrogen and oxygen atoms in total. The molecule has 0 bridgehead atoms. The van der Waals surface area contributed by atoms with Crippen LogP contribution in [-0.2, 0) is 6.54 Å². The van der Waals surface area contributed by atoms with Gasteiger partial charge in [-0.25, -0.2) is 0 Å². The number of halogens is 1. The lowest BCUT2D eigenvalue weighted by atomic mass is 10.2. The number of aromatic hydroxyl groups is 1. The molecule has 0 heterocycles. The van der Waals surface area contributed by atoms with E-state index in [-0.39, 0.29) is 18.2 Å². The normalized spacial score (nSPS) is 9.68. The summed E-state index contributed by atoms with van der Waals surface area (Å²) in [7, 11) is 0. The maximum absolute atomic E-state index is 9.12. The van der Waals surface area contributed by atoms with Crippen molar-refractivity contribution in [3.05, 3.63) is 60.2 Å². The number of phenolic OH excluding ortho intramolecular Hbond substituents is 1. The van der Waals surface area contributed by atoms with Gasteiger partial charge in [-0.1, -0.05) is 30.3 Å². The second-order valence-corrected chi connectivity index (χ2v) is 4.00. The van der Waals surface area contributed by atoms with Gasteiger partial charge in [-0.15, -0.1) is 12.4 Å². The number of ether oxygens (including phenoxy) is 1. The summed E-state index contributed by atoms with van der Waals surface area (Å²) < 4.78 is 5.53.